The monoisotopic (exact) mass is 397 g/mol. The first-order valence-electron chi connectivity index (χ1n) is 8.40. The number of sulfonamides is 1. The van der Waals surface area contributed by atoms with Gasteiger partial charge in [-0.2, -0.15) is 4.31 Å². The second kappa shape index (κ2) is 7.67. The molecule has 2 aromatic carbocycles. The van der Waals surface area contributed by atoms with E-state index in [1.165, 1.54) is 0 Å². The first kappa shape index (κ1) is 18.7. The van der Waals surface area contributed by atoms with Gasteiger partial charge in [0.05, 0.1) is 4.90 Å². The van der Waals surface area contributed by atoms with Gasteiger partial charge in [0.1, 0.15) is 0 Å². The second-order valence-corrected chi connectivity index (χ2v) is 9.30. The number of benzene rings is 2. The molecule has 134 valence electrons. The molecule has 1 atom stereocenters. The Hall–Kier alpha value is -1.07. The van der Waals surface area contributed by atoms with Gasteiger partial charge in [-0.3, -0.25) is 0 Å². The molecule has 2 aromatic rings. The fourth-order valence-corrected chi connectivity index (χ4v) is 5.46. The molecule has 1 heterocycles. The summed E-state index contributed by atoms with van der Waals surface area (Å²) in [5, 5.41) is 1.13. The van der Waals surface area contributed by atoms with Crippen molar-refractivity contribution >= 4 is 33.2 Å². The molecule has 0 N–H and O–H groups in total. The van der Waals surface area contributed by atoms with Crippen molar-refractivity contribution in [2.45, 2.75) is 37.0 Å². The zero-order chi connectivity index (χ0) is 18.0. The lowest BCUT2D eigenvalue weighted by atomic mass is 9.95. The Morgan fingerprint density at radius 3 is 2.40 bits per heavy atom. The van der Waals surface area contributed by atoms with Gasteiger partial charge in [0.2, 0.25) is 10.0 Å². The molecular formula is C19H21Cl2NO2S. The largest absolute Gasteiger partial charge is 0.243 e. The van der Waals surface area contributed by atoms with Crippen LogP contribution in [0.25, 0.3) is 0 Å². The third kappa shape index (κ3) is 4.20. The van der Waals surface area contributed by atoms with Gasteiger partial charge in [0.15, 0.2) is 0 Å². The number of rotatable bonds is 3. The summed E-state index contributed by atoms with van der Waals surface area (Å²) in [7, 11) is -3.56. The topological polar surface area (TPSA) is 37.4 Å². The van der Waals surface area contributed by atoms with Crippen LogP contribution < -0.4 is 0 Å². The van der Waals surface area contributed by atoms with Crippen molar-refractivity contribution in [3.63, 3.8) is 0 Å². The highest BCUT2D eigenvalue weighted by atomic mass is 35.5. The summed E-state index contributed by atoms with van der Waals surface area (Å²) >= 11 is 12.0. The molecule has 0 bridgehead atoms. The fourth-order valence-electron chi connectivity index (χ4n) is 3.32. The van der Waals surface area contributed by atoms with E-state index in [9.17, 15) is 8.42 Å². The molecular weight excluding hydrogens is 377 g/mol. The lowest BCUT2D eigenvalue weighted by Gasteiger charge is -2.25. The van der Waals surface area contributed by atoms with Crippen LogP contribution in [-0.2, 0) is 10.0 Å². The molecule has 25 heavy (non-hydrogen) atoms. The Kier molecular flexibility index (Phi) is 5.74. The Morgan fingerprint density at radius 1 is 1.00 bits per heavy atom. The van der Waals surface area contributed by atoms with Crippen LogP contribution in [0.2, 0.25) is 10.0 Å². The smallest absolute Gasteiger partial charge is 0.207 e. The molecule has 1 unspecified atom stereocenters. The van der Waals surface area contributed by atoms with E-state index in [1.54, 1.807) is 29.4 Å². The molecule has 6 heteroatoms. The molecule has 1 aliphatic heterocycles. The first-order valence-corrected chi connectivity index (χ1v) is 10.6. The fraction of sp³-hybridized carbons (Fsp3) is 0.368. The molecule has 0 radical (unpaired) electrons. The van der Waals surface area contributed by atoms with Crippen molar-refractivity contribution in [1.82, 2.24) is 4.31 Å². The van der Waals surface area contributed by atoms with Gasteiger partial charge in [0.25, 0.3) is 0 Å². The predicted octanol–water partition coefficient (Wildman–Crippen LogP) is 5.26. The van der Waals surface area contributed by atoms with Crippen LogP contribution in [0.5, 0.6) is 0 Å². The molecule has 0 aromatic heterocycles. The van der Waals surface area contributed by atoms with Gasteiger partial charge in [-0.05, 0) is 61.1 Å². The van der Waals surface area contributed by atoms with Crippen LogP contribution in [-0.4, -0.2) is 25.8 Å². The van der Waals surface area contributed by atoms with Gasteiger partial charge in [-0.1, -0.05) is 47.8 Å². The van der Waals surface area contributed by atoms with Crippen molar-refractivity contribution < 1.29 is 8.42 Å². The van der Waals surface area contributed by atoms with Crippen LogP contribution in [0.1, 0.15) is 36.3 Å². The predicted molar refractivity (Wildman–Crippen MR) is 103 cm³/mol. The number of halogens is 2. The van der Waals surface area contributed by atoms with Crippen LogP contribution in [0.15, 0.2) is 47.4 Å². The SMILES string of the molecule is Cc1ccc(Cl)cc1S(=O)(=O)N1CCCCC(c2ccc(Cl)cc2)C1. The molecule has 3 rings (SSSR count). The quantitative estimate of drug-likeness (QED) is 0.707. The molecule has 1 fully saturated rings. The number of aryl methyl sites for hydroxylation is 1. The Bertz CT molecular complexity index is 850. The van der Waals surface area contributed by atoms with E-state index in [0.717, 1.165) is 30.4 Å². The maximum atomic E-state index is 13.2. The average Bonchev–Trinajstić information content (AvgIpc) is 2.84. The van der Waals surface area contributed by atoms with Crippen molar-refractivity contribution in [3.8, 4) is 0 Å². The summed E-state index contributed by atoms with van der Waals surface area (Å²) in [6.45, 7) is 2.83. The number of hydrogen-bond donors (Lipinski definition) is 0. The van der Waals surface area contributed by atoms with E-state index >= 15 is 0 Å². The highest BCUT2D eigenvalue weighted by molar-refractivity contribution is 7.89. The lowest BCUT2D eigenvalue weighted by molar-refractivity contribution is 0.406. The summed E-state index contributed by atoms with van der Waals surface area (Å²) in [5.41, 5.74) is 1.85. The molecule has 0 amide bonds. The van der Waals surface area contributed by atoms with Crippen LogP contribution in [0.3, 0.4) is 0 Å². The minimum atomic E-state index is -3.56. The third-order valence-corrected chi connectivity index (χ3v) is 7.24. The Labute approximate surface area is 159 Å². The summed E-state index contributed by atoms with van der Waals surface area (Å²) < 4.78 is 28.0. The molecule has 0 saturated carbocycles. The molecule has 1 saturated heterocycles. The number of hydrogen-bond acceptors (Lipinski definition) is 2. The minimum Gasteiger partial charge on any atom is -0.207 e. The van der Waals surface area contributed by atoms with Crippen molar-refractivity contribution in [3.05, 3.63) is 63.6 Å². The van der Waals surface area contributed by atoms with E-state index in [0.29, 0.717) is 28.0 Å². The van der Waals surface area contributed by atoms with Gasteiger partial charge < -0.3 is 0 Å². The highest BCUT2D eigenvalue weighted by Gasteiger charge is 2.30. The van der Waals surface area contributed by atoms with Crippen LogP contribution in [0.4, 0.5) is 0 Å². The van der Waals surface area contributed by atoms with Crippen molar-refractivity contribution in [2.75, 3.05) is 13.1 Å². The van der Waals surface area contributed by atoms with Crippen molar-refractivity contribution in [2.24, 2.45) is 0 Å². The molecule has 0 aliphatic carbocycles. The van der Waals surface area contributed by atoms with Gasteiger partial charge in [0, 0.05) is 23.1 Å². The summed E-state index contributed by atoms with van der Waals surface area (Å²) in [4.78, 5) is 0.303. The molecule has 3 nitrogen and oxygen atoms in total. The first-order chi connectivity index (χ1) is 11.9. The van der Waals surface area contributed by atoms with Gasteiger partial charge in [-0.25, -0.2) is 8.42 Å². The van der Waals surface area contributed by atoms with E-state index in [2.05, 4.69) is 0 Å². The molecule has 1 aliphatic rings. The molecule has 0 spiro atoms. The van der Waals surface area contributed by atoms with E-state index in [-0.39, 0.29) is 5.92 Å². The highest BCUT2D eigenvalue weighted by Crippen LogP contribution is 2.31. The maximum Gasteiger partial charge on any atom is 0.243 e. The maximum absolute atomic E-state index is 13.2. The second-order valence-electron chi connectivity index (χ2n) is 6.52. The van der Waals surface area contributed by atoms with Gasteiger partial charge in [-0.15, -0.1) is 0 Å². The lowest BCUT2D eigenvalue weighted by Crippen LogP contribution is -2.34. The van der Waals surface area contributed by atoms with E-state index in [4.69, 9.17) is 23.2 Å². The standard InChI is InChI=1S/C19H21Cl2NO2S/c1-14-5-8-18(21)12-19(14)25(23,24)22-11-3-2-4-16(13-22)15-6-9-17(20)10-7-15/h5-10,12,16H,2-4,11,13H2,1H3. The zero-order valence-corrected chi connectivity index (χ0v) is 16.4. The average molecular weight is 398 g/mol. The summed E-state index contributed by atoms with van der Waals surface area (Å²) in [6, 6.07) is 12.7. The number of nitrogens with zero attached hydrogens (tertiary/aromatic N) is 1. The van der Waals surface area contributed by atoms with Crippen LogP contribution in [0, 0.1) is 6.92 Å². The zero-order valence-electron chi connectivity index (χ0n) is 14.1. The normalized spacial score (nSPS) is 19.6. The Balaban J connectivity index is 1.92. The van der Waals surface area contributed by atoms with Crippen molar-refractivity contribution in [1.29, 1.82) is 0 Å². The minimum absolute atomic E-state index is 0.175. The summed E-state index contributed by atoms with van der Waals surface area (Å²) in [6.07, 6.45) is 2.85. The summed E-state index contributed by atoms with van der Waals surface area (Å²) in [5.74, 6) is 0.175. The van der Waals surface area contributed by atoms with E-state index in [1.807, 2.05) is 24.3 Å². The van der Waals surface area contributed by atoms with E-state index < -0.39 is 10.0 Å². The van der Waals surface area contributed by atoms with Gasteiger partial charge >= 0.3 is 0 Å². The van der Waals surface area contributed by atoms with Crippen LogP contribution >= 0.6 is 23.2 Å². The Morgan fingerprint density at radius 2 is 1.68 bits per heavy atom. The third-order valence-electron chi connectivity index (χ3n) is 4.74.